The number of tetrazole rings is 1. The van der Waals surface area contributed by atoms with Crippen LogP contribution in [0.5, 0.6) is 0 Å². The summed E-state index contributed by atoms with van der Waals surface area (Å²) in [5.41, 5.74) is 12.2. The molecular formula is C15H18FN9. The summed E-state index contributed by atoms with van der Waals surface area (Å²) in [4.78, 5) is 10.3. The Labute approximate surface area is 143 Å². The number of halogens is 1. The molecule has 1 aromatic heterocycles. The maximum absolute atomic E-state index is 14.7. The van der Waals surface area contributed by atoms with Crippen LogP contribution in [0.2, 0.25) is 0 Å². The standard InChI is InChI=1S/C15H18FN9/c16-11-5-4-10(24-9-19-22-23-24)8-12(11)25-14(18)20-13(17)21-15(25)6-2-1-3-7-15/h4-5,8-9H,1-3,6-7H2,(H4,17,18,20,21). The third kappa shape index (κ3) is 2.59. The lowest BCUT2D eigenvalue weighted by Crippen LogP contribution is -2.58. The lowest BCUT2D eigenvalue weighted by molar-refractivity contribution is 0.304. The second kappa shape index (κ2) is 5.80. The van der Waals surface area contributed by atoms with Crippen LogP contribution < -0.4 is 16.4 Å². The van der Waals surface area contributed by atoms with Gasteiger partial charge in [-0.3, -0.25) is 4.90 Å². The van der Waals surface area contributed by atoms with Crippen molar-refractivity contribution in [2.24, 2.45) is 21.5 Å². The molecule has 0 amide bonds. The lowest BCUT2D eigenvalue weighted by Gasteiger charge is -2.45. The summed E-state index contributed by atoms with van der Waals surface area (Å²) < 4.78 is 16.2. The van der Waals surface area contributed by atoms with E-state index in [-0.39, 0.29) is 17.6 Å². The van der Waals surface area contributed by atoms with Crippen LogP contribution in [0.15, 0.2) is 34.5 Å². The lowest BCUT2D eigenvalue weighted by atomic mass is 9.87. The Hall–Kier alpha value is -3.04. The summed E-state index contributed by atoms with van der Waals surface area (Å²) in [6.45, 7) is 0. The highest BCUT2D eigenvalue weighted by atomic mass is 19.1. The van der Waals surface area contributed by atoms with Crippen molar-refractivity contribution in [2.75, 3.05) is 4.90 Å². The summed E-state index contributed by atoms with van der Waals surface area (Å²) in [6.07, 6.45) is 5.95. The fourth-order valence-electron chi connectivity index (χ4n) is 3.56. The van der Waals surface area contributed by atoms with Crippen LogP contribution >= 0.6 is 0 Å². The van der Waals surface area contributed by atoms with Crippen LogP contribution in [0.25, 0.3) is 5.69 Å². The molecular weight excluding hydrogens is 325 g/mol. The molecule has 0 unspecified atom stereocenters. The Balaban J connectivity index is 1.84. The van der Waals surface area contributed by atoms with Crippen LogP contribution in [0.4, 0.5) is 10.1 Å². The van der Waals surface area contributed by atoms with Gasteiger partial charge in [-0.25, -0.2) is 14.1 Å². The van der Waals surface area contributed by atoms with E-state index < -0.39 is 11.5 Å². The summed E-state index contributed by atoms with van der Waals surface area (Å²) in [7, 11) is 0. The van der Waals surface area contributed by atoms with Gasteiger partial charge >= 0.3 is 0 Å². The average molecular weight is 343 g/mol. The molecule has 1 aliphatic carbocycles. The first kappa shape index (κ1) is 15.5. The molecule has 10 heteroatoms. The maximum atomic E-state index is 14.7. The van der Waals surface area contributed by atoms with Crippen molar-refractivity contribution in [1.82, 2.24) is 20.2 Å². The van der Waals surface area contributed by atoms with E-state index in [4.69, 9.17) is 11.5 Å². The van der Waals surface area contributed by atoms with Crippen molar-refractivity contribution < 1.29 is 4.39 Å². The molecule has 25 heavy (non-hydrogen) atoms. The van der Waals surface area contributed by atoms with Gasteiger partial charge in [0.05, 0.1) is 11.4 Å². The molecule has 4 rings (SSSR count). The molecule has 2 heterocycles. The van der Waals surface area contributed by atoms with Crippen LogP contribution in [0, 0.1) is 5.82 Å². The Morgan fingerprint density at radius 2 is 1.92 bits per heavy atom. The van der Waals surface area contributed by atoms with Crippen molar-refractivity contribution in [1.29, 1.82) is 0 Å². The number of hydrogen-bond acceptors (Lipinski definition) is 8. The number of anilines is 1. The Morgan fingerprint density at radius 3 is 2.64 bits per heavy atom. The monoisotopic (exact) mass is 343 g/mol. The topological polar surface area (TPSA) is 124 Å². The highest BCUT2D eigenvalue weighted by Gasteiger charge is 2.43. The minimum Gasteiger partial charge on any atom is -0.369 e. The Kier molecular flexibility index (Phi) is 3.59. The van der Waals surface area contributed by atoms with Gasteiger partial charge in [-0.1, -0.05) is 6.42 Å². The first-order valence-corrected chi connectivity index (χ1v) is 8.12. The van der Waals surface area contributed by atoms with Gasteiger partial charge in [0, 0.05) is 0 Å². The summed E-state index contributed by atoms with van der Waals surface area (Å²) in [6, 6.07) is 4.59. The molecule has 4 N–H and O–H groups in total. The second-order valence-corrected chi connectivity index (χ2v) is 6.21. The van der Waals surface area contributed by atoms with Gasteiger partial charge in [-0.05, 0) is 54.3 Å². The van der Waals surface area contributed by atoms with Gasteiger partial charge in [0.15, 0.2) is 0 Å². The Morgan fingerprint density at radius 1 is 1.12 bits per heavy atom. The molecule has 0 saturated heterocycles. The van der Waals surface area contributed by atoms with E-state index in [1.165, 1.54) is 17.1 Å². The SMILES string of the molecule is NC1=NC2(CCCCC2)N(c2cc(-n3cnnn3)ccc2F)C(N)=N1. The first-order valence-electron chi connectivity index (χ1n) is 8.12. The molecule has 1 saturated carbocycles. The summed E-state index contributed by atoms with van der Waals surface area (Å²) >= 11 is 0. The van der Waals surface area contributed by atoms with E-state index in [0.29, 0.717) is 5.69 Å². The summed E-state index contributed by atoms with van der Waals surface area (Å²) in [5, 5.41) is 11.1. The fraction of sp³-hybridized carbons (Fsp3) is 0.400. The van der Waals surface area contributed by atoms with Gasteiger partial charge in [-0.15, -0.1) is 5.10 Å². The van der Waals surface area contributed by atoms with E-state index in [0.717, 1.165) is 32.1 Å². The molecule has 1 aliphatic heterocycles. The zero-order valence-corrected chi connectivity index (χ0v) is 13.5. The normalized spacial score (nSPS) is 19.6. The van der Waals surface area contributed by atoms with E-state index >= 15 is 0 Å². The molecule has 2 aliphatic rings. The molecule has 1 fully saturated rings. The highest BCUT2D eigenvalue weighted by molar-refractivity contribution is 6.05. The smallest absolute Gasteiger partial charge is 0.220 e. The van der Waals surface area contributed by atoms with Gasteiger partial charge in [-0.2, -0.15) is 4.99 Å². The van der Waals surface area contributed by atoms with Crippen LogP contribution in [-0.4, -0.2) is 37.8 Å². The van der Waals surface area contributed by atoms with Crippen molar-refractivity contribution in [3.63, 3.8) is 0 Å². The number of rotatable bonds is 2. The zero-order chi connectivity index (χ0) is 17.4. The minimum absolute atomic E-state index is 0.132. The predicted octanol–water partition coefficient (Wildman–Crippen LogP) is 0.911. The first-order chi connectivity index (χ1) is 12.1. The maximum Gasteiger partial charge on any atom is 0.220 e. The number of benzene rings is 1. The molecule has 0 radical (unpaired) electrons. The van der Waals surface area contributed by atoms with Crippen molar-refractivity contribution in [2.45, 2.75) is 37.8 Å². The molecule has 1 spiro atoms. The van der Waals surface area contributed by atoms with Gasteiger partial charge in [0.25, 0.3) is 0 Å². The second-order valence-electron chi connectivity index (χ2n) is 6.21. The van der Waals surface area contributed by atoms with Gasteiger partial charge < -0.3 is 11.5 Å². The third-order valence-corrected chi connectivity index (χ3v) is 4.64. The Bertz CT molecular complexity index is 837. The number of nitrogens with zero attached hydrogens (tertiary/aromatic N) is 7. The largest absolute Gasteiger partial charge is 0.369 e. The summed E-state index contributed by atoms with van der Waals surface area (Å²) in [5.74, 6) is -0.148. The van der Waals surface area contributed by atoms with E-state index in [1.807, 2.05) is 0 Å². The highest BCUT2D eigenvalue weighted by Crippen LogP contribution is 2.40. The van der Waals surface area contributed by atoms with Gasteiger partial charge in [0.2, 0.25) is 11.9 Å². The van der Waals surface area contributed by atoms with Crippen molar-refractivity contribution >= 4 is 17.6 Å². The van der Waals surface area contributed by atoms with Crippen LogP contribution in [0.3, 0.4) is 0 Å². The molecule has 0 bridgehead atoms. The number of aromatic nitrogens is 4. The zero-order valence-electron chi connectivity index (χ0n) is 13.5. The fourth-order valence-corrected chi connectivity index (χ4v) is 3.56. The number of nitrogens with two attached hydrogens (primary N) is 2. The quantitative estimate of drug-likeness (QED) is 0.835. The van der Waals surface area contributed by atoms with Crippen LogP contribution in [-0.2, 0) is 0 Å². The van der Waals surface area contributed by atoms with E-state index in [9.17, 15) is 4.39 Å². The van der Waals surface area contributed by atoms with Crippen molar-refractivity contribution in [3.05, 3.63) is 30.3 Å². The average Bonchev–Trinajstić information content (AvgIpc) is 3.11. The van der Waals surface area contributed by atoms with Crippen molar-refractivity contribution in [3.8, 4) is 5.69 Å². The molecule has 1 aromatic carbocycles. The molecule has 9 nitrogen and oxygen atoms in total. The number of hydrogen-bond donors (Lipinski definition) is 2. The predicted molar refractivity (Wildman–Crippen MR) is 90.7 cm³/mol. The third-order valence-electron chi connectivity index (χ3n) is 4.64. The molecule has 0 atom stereocenters. The number of aliphatic imine (C=N–C) groups is 2. The van der Waals surface area contributed by atoms with E-state index in [1.54, 1.807) is 17.0 Å². The van der Waals surface area contributed by atoms with Crippen LogP contribution in [0.1, 0.15) is 32.1 Å². The number of guanidine groups is 2. The molecule has 130 valence electrons. The van der Waals surface area contributed by atoms with E-state index in [2.05, 4.69) is 25.5 Å². The molecule has 2 aromatic rings. The van der Waals surface area contributed by atoms with Gasteiger partial charge in [0.1, 0.15) is 17.8 Å². The minimum atomic E-state index is -0.700.